The summed E-state index contributed by atoms with van der Waals surface area (Å²) in [6.45, 7) is 2.50. The van der Waals surface area contributed by atoms with E-state index in [9.17, 15) is 29.7 Å². The molecule has 2 saturated carbocycles. The summed E-state index contributed by atoms with van der Waals surface area (Å²) in [5, 5.41) is 34.4. The minimum atomic E-state index is -1.25. The topological polar surface area (TPSA) is 148 Å². The molecule has 1 heterocycles. The number of carbonyl (C=O) groups is 3. The molecule has 5 aliphatic rings. The lowest BCUT2D eigenvalue weighted by Gasteiger charge is -2.46. The number of nitrogens with two attached hydrogens (primary N) is 1. The summed E-state index contributed by atoms with van der Waals surface area (Å²) in [5.74, 6) is -3.99. The smallest absolute Gasteiger partial charge is 0.255 e. The van der Waals surface area contributed by atoms with Crippen LogP contribution in [0.5, 0.6) is 5.75 Å². The van der Waals surface area contributed by atoms with Gasteiger partial charge < -0.3 is 26.0 Å². The number of aliphatic hydroxyl groups excluding tert-OH is 2. The van der Waals surface area contributed by atoms with Crippen molar-refractivity contribution in [2.75, 3.05) is 46.2 Å². The monoisotopic (exact) mass is 592 g/mol. The molecule has 4 aliphatic carbocycles. The second-order valence-corrected chi connectivity index (χ2v) is 13.8. The van der Waals surface area contributed by atoms with E-state index in [0.29, 0.717) is 30.9 Å². The molecule has 6 rings (SSSR count). The van der Waals surface area contributed by atoms with Crippen LogP contribution in [0.3, 0.4) is 0 Å². The lowest BCUT2D eigenvalue weighted by atomic mass is 9.59. The van der Waals surface area contributed by atoms with Gasteiger partial charge in [-0.3, -0.25) is 24.2 Å². The largest absolute Gasteiger partial charge is 0.510 e. The summed E-state index contributed by atoms with van der Waals surface area (Å²) in [4.78, 5) is 45.9. The quantitative estimate of drug-likeness (QED) is 0.299. The fraction of sp³-hybridized carbons (Fsp3) is 0.606. The van der Waals surface area contributed by atoms with Crippen molar-refractivity contribution in [1.29, 1.82) is 0 Å². The zero-order valence-corrected chi connectivity index (χ0v) is 25.6. The molecule has 1 aromatic rings. The molecule has 5 unspecified atom stereocenters. The summed E-state index contributed by atoms with van der Waals surface area (Å²) < 4.78 is 0. The molecule has 1 amide bonds. The van der Waals surface area contributed by atoms with Crippen LogP contribution in [0.2, 0.25) is 0 Å². The maximum atomic E-state index is 14.1. The Bertz CT molecular complexity index is 1440. The molecule has 3 fully saturated rings. The molecule has 0 spiro atoms. The number of likely N-dealkylation sites (tertiary alicyclic amines) is 1. The molecular weight excluding hydrogens is 548 g/mol. The highest BCUT2D eigenvalue weighted by Gasteiger charge is 2.56. The fourth-order valence-electron chi connectivity index (χ4n) is 8.95. The van der Waals surface area contributed by atoms with Crippen molar-refractivity contribution in [3.05, 3.63) is 39.7 Å². The molecule has 5 N–H and O–H groups in total. The van der Waals surface area contributed by atoms with Crippen LogP contribution < -0.4 is 10.6 Å². The molecule has 1 aliphatic heterocycles. The Kier molecular flexibility index (Phi) is 7.57. The van der Waals surface area contributed by atoms with Crippen molar-refractivity contribution in [1.82, 2.24) is 9.80 Å². The highest BCUT2D eigenvalue weighted by molar-refractivity contribution is 6.28. The van der Waals surface area contributed by atoms with Gasteiger partial charge >= 0.3 is 0 Å². The number of nitrogens with zero attached hydrogens (tertiary/aromatic N) is 3. The maximum Gasteiger partial charge on any atom is 0.255 e. The first-order valence-corrected chi connectivity index (χ1v) is 15.6. The number of rotatable bonds is 5. The Hall–Kier alpha value is -3.37. The average molecular weight is 593 g/mol. The summed E-state index contributed by atoms with van der Waals surface area (Å²) in [7, 11) is 7.29. The van der Waals surface area contributed by atoms with Gasteiger partial charge in [-0.15, -0.1) is 0 Å². The predicted molar refractivity (Wildman–Crippen MR) is 162 cm³/mol. The lowest BCUT2D eigenvalue weighted by Crippen LogP contribution is -2.55. The number of likely N-dealkylation sites (N-methyl/N-ethyl adjacent to an activating group) is 1. The van der Waals surface area contributed by atoms with Crippen molar-refractivity contribution in [3.63, 3.8) is 0 Å². The van der Waals surface area contributed by atoms with E-state index in [-0.39, 0.29) is 22.6 Å². The van der Waals surface area contributed by atoms with E-state index in [2.05, 4.69) is 4.90 Å². The first kappa shape index (κ1) is 29.7. The number of hydrogen-bond acceptors (Lipinski definition) is 9. The van der Waals surface area contributed by atoms with Crippen LogP contribution in [0.1, 0.15) is 55.2 Å². The van der Waals surface area contributed by atoms with Gasteiger partial charge in [0.15, 0.2) is 11.6 Å². The zero-order valence-electron chi connectivity index (χ0n) is 25.6. The van der Waals surface area contributed by atoms with Crippen LogP contribution in [0.25, 0.3) is 5.76 Å². The van der Waals surface area contributed by atoms with Crippen molar-refractivity contribution in [3.8, 4) is 5.75 Å². The van der Waals surface area contributed by atoms with E-state index in [4.69, 9.17) is 5.73 Å². The average Bonchev–Trinajstić information content (AvgIpc) is 2.93. The molecule has 0 radical (unpaired) electrons. The third kappa shape index (κ3) is 4.73. The van der Waals surface area contributed by atoms with Gasteiger partial charge in [0.2, 0.25) is 0 Å². The van der Waals surface area contributed by atoms with Crippen LogP contribution >= 0.6 is 0 Å². The van der Waals surface area contributed by atoms with E-state index in [1.807, 2.05) is 25.1 Å². The molecule has 1 saturated heterocycles. The molecule has 10 nitrogen and oxygen atoms in total. The van der Waals surface area contributed by atoms with E-state index in [1.165, 1.54) is 25.7 Å². The van der Waals surface area contributed by atoms with Gasteiger partial charge in [-0.2, -0.15) is 0 Å². The molecule has 232 valence electrons. The minimum Gasteiger partial charge on any atom is -0.510 e. The molecule has 0 aromatic heterocycles. The number of aliphatic hydroxyl groups is 2. The van der Waals surface area contributed by atoms with E-state index in [1.54, 1.807) is 19.0 Å². The number of Topliss-reactive ketones (excluding diaryl/α,β-unsaturated/α-hetero) is 2. The second kappa shape index (κ2) is 11.0. The van der Waals surface area contributed by atoms with Gasteiger partial charge in [-0.05, 0) is 81.6 Å². The number of allylic oxidation sites excluding steroid dienone is 1. The number of carbonyl (C=O) groups excluding carboxylic acids is 3. The van der Waals surface area contributed by atoms with Gasteiger partial charge in [-0.25, -0.2) is 0 Å². The first-order valence-electron chi connectivity index (χ1n) is 15.6. The SMILES string of the molecule is CN(C)c1cc(CN2CCC3CCCCC3C2)c(O)c2c1CC1CC3C(C(=O)C(C(N)=O)=C(O)[C@H]3N(C)C)C(=O)C1=C2O. The van der Waals surface area contributed by atoms with Crippen molar-refractivity contribution >= 4 is 28.9 Å². The summed E-state index contributed by atoms with van der Waals surface area (Å²) >= 11 is 0. The van der Waals surface area contributed by atoms with Crippen molar-refractivity contribution < 1.29 is 29.7 Å². The van der Waals surface area contributed by atoms with Crippen LogP contribution in [0.15, 0.2) is 23.0 Å². The Morgan fingerprint density at radius 2 is 1.72 bits per heavy atom. The number of fused-ring (bicyclic) bond motifs is 4. The summed E-state index contributed by atoms with van der Waals surface area (Å²) in [5.41, 5.74) is 7.64. The molecule has 1 aromatic carbocycles. The number of hydrogen-bond donors (Lipinski definition) is 4. The molecule has 6 atom stereocenters. The molecule has 43 heavy (non-hydrogen) atoms. The Morgan fingerprint density at radius 1 is 1.02 bits per heavy atom. The number of phenols is 1. The Labute approximate surface area is 252 Å². The van der Waals surface area contributed by atoms with Crippen molar-refractivity contribution in [2.45, 2.75) is 57.5 Å². The Morgan fingerprint density at radius 3 is 2.37 bits per heavy atom. The zero-order chi connectivity index (χ0) is 30.9. The van der Waals surface area contributed by atoms with Crippen LogP contribution in [-0.2, 0) is 27.3 Å². The maximum absolute atomic E-state index is 14.1. The Balaban J connectivity index is 1.40. The normalized spacial score (nSPS) is 31.0. The van der Waals surface area contributed by atoms with Crippen LogP contribution in [0.4, 0.5) is 5.69 Å². The highest BCUT2D eigenvalue weighted by atomic mass is 16.3. The number of piperidine rings is 1. The molecular formula is C33H44N4O6. The van der Waals surface area contributed by atoms with Gasteiger partial charge in [0.05, 0.1) is 17.5 Å². The van der Waals surface area contributed by atoms with Crippen molar-refractivity contribution in [2.24, 2.45) is 35.3 Å². The number of ketones is 2. The van der Waals surface area contributed by atoms with Gasteiger partial charge in [0, 0.05) is 44.0 Å². The number of benzene rings is 1. The van der Waals surface area contributed by atoms with E-state index in [0.717, 1.165) is 36.7 Å². The van der Waals surface area contributed by atoms with E-state index >= 15 is 0 Å². The number of amides is 1. The standard InChI is InChI=1S/C33H44N4O6/c1-35(2)22-13-19(15-37-10-9-16-7-5-6-8-17(16)14-37)28(38)24-20(22)11-18-12-21-25(30(40)23(18)29(24)39)31(41)26(33(34)43)32(42)27(21)36(3)4/h13,16-18,21,25,27,38-39,42H,5-12,14-15H2,1-4H3,(H2,34,43)/t16?,17?,18?,21?,25?,27-/m0/s1. The minimum absolute atomic E-state index is 0.0266. The lowest BCUT2D eigenvalue weighted by molar-refractivity contribution is -0.136. The van der Waals surface area contributed by atoms with Crippen LogP contribution in [-0.4, -0.2) is 89.9 Å². The molecule has 0 bridgehead atoms. The third-order valence-corrected chi connectivity index (χ3v) is 10.9. The third-order valence-electron chi connectivity index (χ3n) is 10.9. The second-order valence-electron chi connectivity index (χ2n) is 13.8. The van der Waals surface area contributed by atoms with E-state index < -0.39 is 52.6 Å². The van der Waals surface area contributed by atoms with Gasteiger partial charge in [0.25, 0.3) is 5.91 Å². The number of anilines is 1. The summed E-state index contributed by atoms with van der Waals surface area (Å²) in [6, 6.07) is 1.25. The first-order chi connectivity index (χ1) is 20.4. The number of phenolic OH excluding ortho intramolecular Hbond substituents is 1. The fourth-order valence-corrected chi connectivity index (χ4v) is 8.95. The van der Waals surface area contributed by atoms with Crippen LogP contribution in [0, 0.1) is 29.6 Å². The highest BCUT2D eigenvalue weighted by Crippen LogP contribution is 2.52. The number of aromatic hydroxyl groups is 1. The van der Waals surface area contributed by atoms with Gasteiger partial charge in [-0.1, -0.05) is 19.3 Å². The summed E-state index contributed by atoms with van der Waals surface area (Å²) in [6.07, 6.45) is 7.03. The van der Waals surface area contributed by atoms with Gasteiger partial charge in [0.1, 0.15) is 22.8 Å². The predicted octanol–water partition coefficient (Wildman–Crippen LogP) is 2.93. The number of primary amides is 1. The molecule has 10 heteroatoms.